The van der Waals surface area contributed by atoms with Crippen LogP contribution in [0.15, 0.2) is 29.2 Å². The predicted molar refractivity (Wildman–Crippen MR) is 82.7 cm³/mol. The molecule has 1 fully saturated rings. The number of carboxylic acid groups (broad SMARTS) is 1. The van der Waals surface area contributed by atoms with E-state index in [1.807, 2.05) is 18.4 Å². The SMILES string of the molecule is CSc1ccccc1NS(=O)(=O)N1CCCC(C(=O)O)C1. The van der Waals surface area contributed by atoms with Crippen LogP contribution in [0.25, 0.3) is 0 Å². The van der Waals surface area contributed by atoms with E-state index in [4.69, 9.17) is 5.11 Å². The largest absolute Gasteiger partial charge is 0.481 e. The molecule has 1 aliphatic heterocycles. The molecule has 0 bridgehead atoms. The fourth-order valence-electron chi connectivity index (χ4n) is 2.29. The van der Waals surface area contributed by atoms with Gasteiger partial charge in [0.15, 0.2) is 0 Å². The van der Waals surface area contributed by atoms with Gasteiger partial charge in [-0.05, 0) is 31.2 Å². The fourth-order valence-corrected chi connectivity index (χ4v) is 4.24. The van der Waals surface area contributed by atoms with Gasteiger partial charge in [0.05, 0.1) is 11.6 Å². The Bertz CT molecular complexity index is 618. The van der Waals surface area contributed by atoms with Crippen molar-refractivity contribution in [1.82, 2.24) is 4.31 Å². The molecule has 0 amide bonds. The Hall–Kier alpha value is -1.25. The Morgan fingerprint density at radius 2 is 2.14 bits per heavy atom. The van der Waals surface area contributed by atoms with Crippen molar-refractivity contribution in [1.29, 1.82) is 0 Å². The standard InChI is InChI=1S/C13H18N2O4S2/c1-20-12-7-3-2-6-11(12)14-21(18,19)15-8-4-5-10(9-15)13(16)17/h2-3,6-7,10,14H,4-5,8-9H2,1H3,(H,16,17). The number of hydrogen-bond acceptors (Lipinski definition) is 4. The highest BCUT2D eigenvalue weighted by molar-refractivity contribution is 7.98. The van der Waals surface area contributed by atoms with Crippen LogP contribution in [0.4, 0.5) is 5.69 Å². The van der Waals surface area contributed by atoms with E-state index in [9.17, 15) is 13.2 Å². The summed E-state index contributed by atoms with van der Waals surface area (Å²) in [4.78, 5) is 11.9. The summed E-state index contributed by atoms with van der Waals surface area (Å²) in [6, 6.07) is 7.12. The molecule has 0 aromatic heterocycles. The number of nitrogens with zero attached hydrogens (tertiary/aromatic N) is 1. The van der Waals surface area contributed by atoms with Crippen molar-refractivity contribution >= 4 is 33.6 Å². The third-order valence-corrected chi connectivity index (χ3v) is 5.70. The predicted octanol–water partition coefficient (Wildman–Crippen LogP) is 1.86. The maximum Gasteiger partial charge on any atom is 0.307 e. The highest BCUT2D eigenvalue weighted by atomic mass is 32.2. The van der Waals surface area contributed by atoms with E-state index in [-0.39, 0.29) is 6.54 Å². The summed E-state index contributed by atoms with van der Waals surface area (Å²) < 4.78 is 28.6. The molecule has 0 saturated carbocycles. The summed E-state index contributed by atoms with van der Waals surface area (Å²) in [5, 5.41) is 9.05. The van der Waals surface area contributed by atoms with Gasteiger partial charge in [0.25, 0.3) is 0 Å². The lowest BCUT2D eigenvalue weighted by Gasteiger charge is -2.30. The van der Waals surface area contributed by atoms with Gasteiger partial charge in [-0.3, -0.25) is 9.52 Å². The zero-order valence-corrected chi connectivity index (χ0v) is 13.3. The van der Waals surface area contributed by atoms with Crippen LogP contribution < -0.4 is 4.72 Å². The summed E-state index contributed by atoms with van der Waals surface area (Å²) in [5.74, 6) is -1.58. The van der Waals surface area contributed by atoms with Crippen LogP contribution in [0.2, 0.25) is 0 Å². The molecule has 1 aromatic rings. The topological polar surface area (TPSA) is 86.7 Å². The molecule has 1 atom stereocenters. The van der Waals surface area contributed by atoms with Crippen molar-refractivity contribution in [2.75, 3.05) is 24.1 Å². The Morgan fingerprint density at radius 1 is 1.43 bits per heavy atom. The molecular weight excluding hydrogens is 312 g/mol. The Kier molecular flexibility index (Phi) is 5.13. The van der Waals surface area contributed by atoms with Gasteiger partial charge < -0.3 is 5.11 Å². The normalized spacial score (nSPS) is 20.1. The van der Waals surface area contributed by atoms with Crippen molar-refractivity contribution in [2.45, 2.75) is 17.7 Å². The molecule has 2 rings (SSSR count). The zero-order chi connectivity index (χ0) is 15.5. The molecule has 0 radical (unpaired) electrons. The number of carbonyl (C=O) groups is 1. The summed E-state index contributed by atoms with van der Waals surface area (Å²) in [7, 11) is -3.73. The smallest absolute Gasteiger partial charge is 0.307 e. The average Bonchev–Trinajstić information content (AvgIpc) is 2.47. The fraction of sp³-hybridized carbons (Fsp3) is 0.462. The van der Waals surface area contributed by atoms with Crippen molar-refractivity contribution in [3.63, 3.8) is 0 Å². The molecule has 1 unspecified atom stereocenters. The van der Waals surface area contributed by atoms with Crippen molar-refractivity contribution in [3.05, 3.63) is 24.3 Å². The molecule has 6 nitrogen and oxygen atoms in total. The Labute approximate surface area is 128 Å². The van der Waals surface area contributed by atoms with Gasteiger partial charge in [0.1, 0.15) is 0 Å². The lowest BCUT2D eigenvalue weighted by Crippen LogP contribution is -2.44. The minimum absolute atomic E-state index is 0.0199. The van der Waals surface area contributed by atoms with E-state index < -0.39 is 22.1 Å². The van der Waals surface area contributed by atoms with Crippen LogP contribution in [0.5, 0.6) is 0 Å². The first-order chi connectivity index (χ1) is 9.94. The number of aliphatic carboxylic acids is 1. The van der Waals surface area contributed by atoms with Gasteiger partial charge >= 0.3 is 16.2 Å². The lowest BCUT2D eigenvalue weighted by molar-refractivity contribution is -0.142. The zero-order valence-electron chi connectivity index (χ0n) is 11.7. The van der Waals surface area contributed by atoms with Crippen molar-refractivity contribution in [2.24, 2.45) is 5.92 Å². The maximum atomic E-state index is 12.4. The summed E-state index contributed by atoms with van der Waals surface area (Å²) in [6.45, 7) is 0.368. The monoisotopic (exact) mass is 330 g/mol. The first kappa shape index (κ1) is 16.1. The van der Waals surface area contributed by atoms with Gasteiger partial charge in [-0.25, -0.2) is 0 Å². The van der Waals surface area contributed by atoms with Crippen LogP contribution in [-0.4, -0.2) is 43.1 Å². The molecule has 8 heteroatoms. The molecule has 21 heavy (non-hydrogen) atoms. The number of thioether (sulfide) groups is 1. The third kappa shape index (κ3) is 3.90. The van der Waals surface area contributed by atoms with Gasteiger partial charge in [-0.2, -0.15) is 12.7 Å². The number of hydrogen-bond donors (Lipinski definition) is 2. The first-order valence-electron chi connectivity index (χ1n) is 6.58. The maximum absolute atomic E-state index is 12.4. The molecule has 1 saturated heterocycles. The first-order valence-corrected chi connectivity index (χ1v) is 9.24. The minimum Gasteiger partial charge on any atom is -0.481 e. The van der Waals surface area contributed by atoms with E-state index >= 15 is 0 Å². The van der Waals surface area contributed by atoms with Gasteiger partial charge in [-0.15, -0.1) is 11.8 Å². The molecule has 1 aromatic carbocycles. The summed E-state index contributed by atoms with van der Waals surface area (Å²) in [5.41, 5.74) is 0.516. The van der Waals surface area contributed by atoms with E-state index in [0.717, 1.165) is 4.90 Å². The summed E-state index contributed by atoms with van der Waals surface area (Å²) in [6.07, 6.45) is 2.94. The Morgan fingerprint density at radius 3 is 2.81 bits per heavy atom. The molecule has 1 heterocycles. The van der Waals surface area contributed by atoms with Gasteiger partial charge in [-0.1, -0.05) is 12.1 Å². The van der Waals surface area contributed by atoms with Gasteiger partial charge in [0.2, 0.25) is 0 Å². The number of anilines is 1. The molecule has 2 N–H and O–H groups in total. The number of benzene rings is 1. The lowest BCUT2D eigenvalue weighted by atomic mass is 10.0. The van der Waals surface area contributed by atoms with Crippen molar-refractivity contribution in [3.8, 4) is 0 Å². The van der Waals surface area contributed by atoms with Gasteiger partial charge in [0, 0.05) is 18.0 Å². The van der Waals surface area contributed by atoms with E-state index in [1.54, 1.807) is 12.1 Å². The number of piperidine rings is 1. The summed E-state index contributed by atoms with van der Waals surface area (Å²) >= 11 is 1.45. The molecular formula is C13H18N2O4S2. The number of para-hydroxylation sites is 1. The third-order valence-electron chi connectivity index (χ3n) is 3.42. The van der Waals surface area contributed by atoms with Crippen LogP contribution in [-0.2, 0) is 15.0 Å². The number of carboxylic acids is 1. The quantitative estimate of drug-likeness (QED) is 0.805. The van der Waals surface area contributed by atoms with Crippen molar-refractivity contribution < 1.29 is 18.3 Å². The van der Waals surface area contributed by atoms with Crippen LogP contribution in [0, 0.1) is 5.92 Å². The molecule has 0 spiro atoms. The van der Waals surface area contributed by atoms with E-state index in [2.05, 4.69) is 4.72 Å². The van der Waals surface area contributed by atoms with E-state index in [0.29, 0.717) is 25.1 Å². The highest BCUT2D eigenvalue weighted by Crippen LogP contribution is 2.27. The molecule has 1 aliphatic rings. The van der Waals surface area contributed by atoms with Crippen LogP contribution >= 0.6 is 11.8 Å². The number of rotatable bonds is 5. The van der Waals surface area contributed by atoms with Crippen LogP contribution in [0.1, 0.15) is 12.8 Å². The number of nitrogens with one attached hydrogen (secondary N) is 1. The second-order valence-electron chi connectivity index (χ2n) is 4.84. The second-order valence-corrected chi connectivity index (χ2v) is 7.36. The molecule has 116 valence electrons. The average molecular weight is 330 g/mol. The highest BCUT2D eigenvalue weighted by Gasteiger charge is 2.32. The second kappa shape index (κ2) is 6.67. The van der Waals surface area contributed by atoms with E-state index in [1.165, 1.54) is 16.1 Å². The Balaban J connectivity index is 2.16. The van der Waals surface area contributed by atoms with Crippen LogP contribution in [0.3, 0.4) is 0 Å². The molecule has 0 aliphatic carbocycles. The minimum atomic E-state index is -3.73.